The van der Waals surface area contributed by atoms with Gasteiger partial charge in [0.15, 0.2) is 0 Å². The van der Waals surface area contributed by atoms with E-state index in [-0.39, 0.29) is 12.1 Å². The smallest absolute Gasteiger partial charge is 0.319 e. The maximum absolute atomic E-state index is 12.0. The Morgan fingerprint density at radius 1 is 1.45 bits per heavy atom. The van der Waals surface area contributed by atoms with Gasteiger partial charge in [0.25, 0.3) is 0 Å². The Morgan fingerprint density at radius 2 is 2.27 bits per heavy atom. The molecule has 0 saturated carbocycles. The average molecular weight is 302 g/mol. The van der Waals surface area contributed by atoms with Gasteiger partial charge in [-0.3, -0.25) is 0 Å². The second-order valence-corrected chi connectivity index (χ2v) is 5.22. The van der Waals surface area contributed by atoms with Crippen LogP contribution in [0.25, 0.3) is 11.4 Å². The molecule has 2 rings (SSSR count). The summed E-state index contributed by atoms with van der Waals surface area (Å²) in [6, 6.07) is 7.45. The third kappa shape index (κ3) is 4.33. The van der Waals surface area contributed by atoms with E-state index in [2.05, 4.69) is 15.6 Å². The Balaban J connectivity index is 1.99. The van der Waals surface area contributed by atoms with Crippen molar-refractivity contribution in [1.82, 2.24) is 14.9 Å². The first-order chi connectivity index (χ1) is 10.6. The summed E-state index contributed by atoms with van der Waals surface area (Å²) in [5.41, 5.74) is 1.69. The molecule has 6 heteroatoms. The van der Waals surface area contributed by atoms with Crippen molar-refractivity contribution in [3.8, 4) is 11.4 Å². The third-order valence-corrected chi connectivity index (χ3v) is 3.33. The lowest BCUT2D eigenvalue weighted by Crippen LogP contribution is -2.36. The molecule has 1 heterocycles. The second-order valence-electron chi connectivity index (χ2n) is 5.22. The average Bonchev–Trinajstić information content (AvgIpc) is 2.91. The first-order valence-corrected chi connectivity index (χ1v) is 7.24. The van der Waals surface area contributed by atoms with Crippen molar-refractivity contribution < 1.29 is 9.53 Å². The normalized spacial score (nSPS) is 12.0. The maximum Gasteiger partial charge on any atom is 0.319 e. The number of nitrogens with one attached hydrogen (secondary N) is 2. The summed E-state index contributed by atoms with van der Waals surface area (Å²) >= 11 is 0. The molecule has 0 spiro atoms. The summed E-state index contributed by atoms with van der Waals surface area (Å²) in [7, 11) is 3.59. The van der Waals surface area contributed by atoms with Gasteiger partial charge in [0.2, 0.25) is 0 Å². The van der Waals surface area contributed by atoms with Crippen LogP contribution in [0, 0.1) is 0 Å². The van der Waals surface area contributed by atoms with Crippen LogP contribution in [-0.2, 0) is 11.8 Å². The fourth-order valence-electron chi connectivity index (χ4n) is 2.14. The molecule has 0 fully saturated rings. The second kappa shape index (κ2) is 7.61. The summed E-state index contributed by atoms with van der Waals surface area (Å²) in [6.45, 7) is 2.57. The molecule has 2 amide bonds. The Morgan fingerprint density at radius 3 is 2.95 bits per heavy atom. The van der Waals surface area contributed by atoms with E-state index >= 15 is 0 Å². The quantitative estimate of drug-likeness (QED) is 0.862. The molecular formula is C16H22N4O2. The van der Waals surface area contributed by atoms with Crippen LogP contribution in [0.3, 0.4) is 0 Å². The number of nitrogens with zero attached hydrogens (tertiary/aromatic N) is 2. The highest BCUT2D eigenvalue weighted by Crippen LogP contribution is 2.20. The molecule has 0 aliphatic heterocycles. The number of carbonyl (C=O) groups is 1. The standard InChI is InChI=1S/C16H22N4O2/c1-12(7-10-22-3)18-16(21)19-14-6-4-5-13(11-14)15-17-8-9-20(15)2/h4-6,8-9,11-12H,7,10H2,1-3H3,(H2,18,19,21). The van der Waals surface area contributed by atoms with Crippen LogP contribution < -0.4 is 10.6 Å². The Bertz CT molecular complexity index is 624. The van der Waals surface area contributed by atoms with Crippen molar-refractivity contribution in [1.29, 1.82) is 0 Å². The van der Waals surface area contributed by atoms with Gasteiger partial charge in [-0.1, -0.05) is 12.1 Å². The zero-order chi connectivity index (χ0) is 15.9. The topological polar surface area (TPSA) is 68.2 Å². The molecule has 22 heavy (non-hydrogen) atoms. The summed E-state index contributed by atoms with van der Waals surface area (Å²) in [4.78, 5) is 16.3. The monoisotopic (exact) mass is 302 g/mol. The number of benzene rings is 1. The minimum absolute atomic E-state index is 0.0534. The largest absolute Gasteiger partial charge is 0.385 e. The van der Waals surface area contributed by atoms with E-state index in [1.165, 1.54) is 0 Å². The maximum atomic E-state index is 12.0. The molecule has 2 aromatic rings. The van der Waals surface area contributed by atoms with Crippen LogP contribution in [0.2, 0.25) is 0 Å². The number of rotatable bonds is 6. The van der Waals surface area contributed by atoms with E-state index < -0.39 is 0 Å². The van der Waals surface area contributed by atoms with Crippen LogP contribution >= 0.6 is 0 Å². The SMILES string of the molecule is COCCC(C)NC(=O)Nc1cccc(-c2nccn2C)c1. The summed E-state index contributed by atoms with van der Waals surface area (Å²) in [5, 5.41) is 5.72. The lowest BCUT2D eigenvalue weighted by molar-refractivity contribution is 0.185. The predicted octanol–water partition coefficient (Wildman–Crippen LogP) is 2.63. The van der Waals surface area contributed by atoms with Gasteiger partial charge >= 0.3 is 6.03 Å². The van der Waals surface area contributed by atoms with Crippen LogP contribution in [0.4, 0.5) is 10.5 Å². The number of methoxy groups -OCH3 is 1. The van der Waals surface area contributed by atoms with Crippen molar-refractivity contribution in [3.05, 3.63) is 36.7 Å². The number of ether oxygens (including phenoxy) is 1. The van der Waals surface area contributed by atoms with Crippen LogP contribution in [0.15, 0.2) is 36.7 Å². The molecule has 0 saturated heterocycles. The highest BCUT2D eigenvalue weighted by Gasteiger charge is 2.09. The lowest BCUT2D eigenvalue weighted by Gasteiger charge is -2.14. The number of hydrogen-bond acceptors (Lipinski definition) is 3. The Labute approximate surface area is 130 Å². The number of carbonyl (C=O) groups excluding carboxylic acids is 1. The fraction of sp³-hybridized carbons (Fsp3) is 0.375. The van der Waals surface area contributed by atoms with Crippen LogP contribution in [0.1, 0.15) is 13.3 Å². The third-order valence-electron chi connectivity index (χ3n) is 3.33. The molecule has 1 atom stereocenters. The van der Waals surface area contributed by atoms with Crippen molar-refractivity contribution in [3.63, 3.8) is 0 Å². The summed E-state index contributed by atoms with van der Waals surface area (Å²) in [5.74, 6) is 0.859. The highest BCUT2D eigenvalue weighted by molar-refractivity contribution is 5.90. The van der Waals surface area contributed by atoms with E-state index in [4.69, 9.17) is 4.74 Å². The van der Waals surface area contributed by atoms with E-state index in [1.54, 1.807) is 13.3 Å². The van der Waals surface area contributed by atoms with Gasteiger partial charge < -0.3 is 19.9 Å². The highest BCUT2D eigenvalue weighted by atomic mass is 16.5. The van der Waals surface area contributed by atoms with Crippen LogP contribution in [-0.4, -0.2) is 35.3 Å². The predicted molar refractivity (Wildman–Crippen MR) is 86.8 cm³/mol. The first kappa shape index (κ1) is 16.0. The molecule has 1 unspecified atom stereocenters. The van der Waals surface area contributed by atoms with Crippen molar-refractivity contribution in [2.45, 2.75) is 19.4 Å². The minimum atomic E-state index is -0.222. The fourth-order valence-corrected chi connectivity index (χ4v) is 2.14. The number of imidazole rings is 1. The number of urea groups is 1. The molecule has 1 aromatic heterocycles. The van der Waals surface area contributed by atoms with Crippen LogP contribution in [0.5, 0.6) is 0 Å². The Hall–Kier alpha value is -2.34. The molecule has 0 aliphatic rings. The minimum Gasteiger partial charge on any atom is -0.385 e. The molecule has 118 valence electrons. The molecule has 2 N–H and O–H groups in total. The zero-order valence-corrected chi connectivity index (χ0v) is 13.2. The van der Waals surface area contributed by atoms with E-state index in [9.17, 15) is 4.79 Å². The molecule has 0 bridgehead atoms. The van der Waals surface area contributed by atoms with E-state index in [1.807, 2.05) is 49.0 Å². The number of hydrogen-bond donors (Lipinski definition) is 2. The van der Waals surface area contributed by atoms with Crippen molar-refractivity contribution in [2.24, 2.45) is 7.05 Å². The van der Waals surface area contributed by atoms with Crippen molar-refractivity contribution in [2.75, 3.05) is 19.0 Å². The molecule has 0 radical (unpaired) electrons. The van der Waals surface area contributed by atoms with Crippen molar-refractivity contribution >= 4 is 11.7 Å². The van der Waals surface area contributed by atoms with Gasteiger partial charge in [-0.2, -0.15) is 0 Å². The number of aromatic nitrogens is 2. The van der Waals surface area contributed by atoms with Gasteiger partial charge in [-0.05, 0) is 25.5 Å². The lowest BCUT2D eigenvalue weighted by atomic mass is 10.2. The van der Waals surface area contributed by atoms with E-state index in [0.29, 0.717) is 6.61 Å². The Kier molecular flexibility index (Phi) is 5.55. The zero-order valence-electron chi connectivity index (χ0n) is 13.2. The van der Waals surface area contributed by atoms with Gasteiger partial charge in [0.1, 0.15) is 5.82 Å². The van der Waals surface area contributed by atoms with Gasteiger partial charge in [-0.25, -0.2) is 9.78 Å². The van der Waals surface area contributed by atoms with Gasteiger partial charge in [0.05, 0.1) is 0 Å². The summed E-state index contributed by atoms with van der Waals surface area (Å²) in [6.07, 6.45) is 4.41. The number of amides is 2. The molecule has 6 nitrogen and oxygen atoms in total. The molecule has 0 aliphatic carbocycles. The van der Waals surface area contributed by atoms with Gasteiger partial charge in [0, 0.05) is 50.5 Å². The molecular weight excluding hydrogens is 280 g/mol. The molecule has 1 aromatic carbocycles. The van der Waals surface area contributed by atoms with Gasteiger partial charge in [-0.15, -0.1) is 0 Å². The summed E-state index contributed by atoms with van der Waals surface area (Å²) < 4.78 is 6.94. The number of anilines is 1. The first-order valence-electron chi connectivity index (χ1n) is 7.24. The number of aryl methyl sites for hydroxylation is 1. The van der Waals surface area contributed by atoms with E-state index in [0.717, 1.165) is 23.5 Å².